The zero-order valence-electron chi connectivity index (χ0n) is 23.9. The maximum Gasteiger partial charge on any atom is -0.0213 e. The van der Waals surface area contributed by atoms with E-state index < -0.39 is 0 Å². The van der Waals surface area contributed by atoms with Gasteiger partial charge in [-0.3, -0.25) is 0 Å². The Bertz CT molecular complexity index is 831. The second kappa shape index (κ2) is 11.7. The zero-order chi connectivity index (χ0) is 25.0. The molecule has 33 heavy (non-hydrogen) atoms. The van der Waals surface area contributed by atoms with Crippen LogP contribution < -0.4 is 0 Å². The Balaban J connectivity index is 2.52. The van der Waals surface area contributed by atoms with E-state index in [0.29, 0.717) is 35.5 Å². The smallest absolute Gasteiger partial charge is 0.0213 e. The molecule has 0 saturated heterocycles. The molecule has 0 aliphatic carbocycles. The molecule has 0 radical (unpaired) electrons. The molecule has 0 heterocycles. The van der Waals surface area contributed by atoms with Gasteiger partial charge in [-0.1, -0.05) is 107 Å². The quantitative estimate of drug-likeness (QED) is 0.339. The predicted octanol–water partition coefficient (Wildman–Crippen LogP) is 10.6. The summed E-state index contributed by atoms with van der Waals surface area (Å²) in [5.41, 5.74) is 12.8. The van der Waals surface area contributed by atoms with E-state index in [2.05, 4.69) is 107 Å². The van der Waals surface area contributed by atoms with Crippen molar-refractivity contribution in [1.82, 2.24) is 0 Å². The molecule has 0 aromatic heterocycles. The van der Waals surface area contributed by atoms with Gasteiger partial charge < -0.3 is 0 Å². The van der Waals surface area contributed by atoms with Crippen molar-refractivity contribution in [3.63, 3.8) is 0 Å². The lowest BCUT2D eigenvalue weighted by atomic mass is 9.78. The van der Waals surface area contributed by atoms with Crippen LogP contribution in [0.2, 0.25) is 0 Å². The Morgan fingerprint density at radius 1 is 0.394 bits per heavy atom. The van der Waals surface area contributed by atoms with Crippen molar-refractivity contribution in [3.8, 4) is 0 Å². The highest BCUT2D eigenvalue weighted by atomic mass is 14.3. The number of rotatable bonds is 10. The lowest BCUT2D eigenvalue weighted by Gasteiger charge is -2.27. The van der Waals surface area contributed by atoms with Gasteiger partial charge in [0, 0.05) is 0 Å². The Kier molecular flexibility index (Phi) is 9.83. The number of hydrogen-bond donors (Lipinski definition) is 0. The molecular weight excluding hydrogens is 396 g/mol. The normalized spacial score (nSPS) is 12.4. The molecule has 0 aliphatic rings. The molecule has 0 aliphatic heterocycles. The van der Waals surface area contributed by atoms with Gasteiger partial charge in [-0.2, -0.15) is 0 Å². The molecule has 0 bridgehead atoms. The molecule has 0 saturated carbocycles. The van der Waals surface area contributed by atoms with Gasteiger partial charge in [0.1, 0.15) is 0 Å². The third-order valence-corrected chi connectivity index (χ3v) is 7.35. The highest BCUT2D eigenvalue weighted by molar-refractivity contribution is 5.47. The first kappa shape index (κ1) is 27.7. The van der Waals surface area contributed by atoms with Crippen molar-refractivity contribution < 1.29 is 0 Å². The lowest BCUT2D eigenvalue weighted by molar-refractivity contribution is 0.705. The summed E-state index contributed by atoms with van der Waals surface area (Å²) < 4.78 is 0. The first-order chi connectivity index (χ1) is 15.4. The Morgan fingerprint density at radius 2 is 0.667 bits per heavy atom. The van der Waals surface area contributed by atoms with Crippen LogP contribution in [0.25, 0.3) is 0 Å². The monoisotopic (exact) mass is 448 g/mol. The fourth-order valence-electron chi connectivity index (χ4n) is 5.85. The maximum atomic E-state index is 2.43. The number of hydrogen-bond acceptors (Lipinski definition) is 0. The predicted molar refractivity (Wildman–Crippen MR) is 149 cm³/mol. The van der Waals surface area contributed by atoms with Gasteiger partial charge in [-0.05, 0) is 99.3 Å². The summed E-state index contributed by atoms with van der Waals surface area (Å²) in [7, 11) is 0. The van der Waals surface area contributed by atoms with Crippen LogP contribution in [0.3, 0.4) is 0 Å². The lowest BCUT2D eigenvalue weighted by Crippen LogP contribution is -2.11. The topological polar surface area (TPSA) is 0 Å². The van der Waals surface area contributed by atoms with Gasteiger partial charge >= 0.3 is 0 Å². The van der Waals surface area contributed by atoms with Crippen molar-refractivity contribution in [3.05, 3.63) is 68.8 Å². The molecule has 184 valence electrons. The van der Waals surface area contributed by atoms with Gasteiger partial charge in [0.05, 0.1) is 0 Å². The molecule has 2 aromatic rings. The van der Waals surface area contributed by atoms with Crippen LogP contribution in [0.1, 0.15) is 170 Å². The molecule has 0 nitrogen and oxygen atoms in total. The van der Waals surface area contributed by atoms with Crippen LogP contribution in [0, 0.1) is 0 Å². The minimum Gasteiger partial charge on any atom is -0.0587 e. The average Bonchev–Trinajstić information content (AvgIpc) is 2.71. The molecule has 0 N–H and O–H groups in total. The average molecular weight is 449 g/mol. The van der Waals surface area contributed by atoms with Crippen LogP contribution in [-0.4, -0.2) is 0 Å². The molecule has 0 fully saturated rings. The zero-order valence-corrected chi connectivity index (χ0v) is 23.9. The summed E-state index contributed by atoms with van der Waals surface area (Å²) in [6, 6.07) is 9.69. The van der Waals surface area contributed by atoms with Gasteiger partial charge in [0.25, 0.3) is 0 Å². The van der Waals surface area contributed by atoms with Crippen molar-refractivity contribution in [2.45, 2.75) is 138 Å². The first-order valence-corrected chi connectivity index (χ1v) is 13.7. The van der Waals surface area contributed by atoms with Crippen LogP contribution in [-0.2, 0) is 12.8 Å². The molecular formula is C33H52. The fourth-order valence-corrected chi connectivity index (χ4v) is 5.85. The van der Waals surface area contributed by atoms with Gasteiger partial charge in [0.2, 0.25) is 0 Å². The summed E-state index contributed by atoms with van der Waals surface area (Å²) in [5.74, 6) is 3.42. The van der Waals surface area contributed by atoms with Crippen LogP contribution in [0.4, 0.5) is 0 Å². The Hall–Kier alpha value is -1.56. The van der Waals surface area contributed by atoms with Crippen molar-refractivity contribution in [1.29, 1.82) is 0 Å². The van der Waals surface area contributed by atoms with Crippen LogP contribution >= 0.6 is 0 Å². The van der Waals surface area contributed by atoms with Crippen LogP contribution in [0.5, 0.6) is 0 Å². The minimum atomic E-state index is 0.567. The highest BCUT2D eigenvalue weighted by Crippen LogP contribution is 2.37. The summed E-state index contributed by atoms with van der Waals surface area (Å²) in [4.78, 5) is 0. The summed E-state index contributed by atoms with van der Waals surface area (Å²) in [5, 5.41) is 0. The second-order valence-electron chi connectivity index (χ2n) is 12.1. The standard InChI is InChI=1S/C33H52/c1-20(2)26-16-18-28(22(5)6)32(24(9)10)30(26)14-13-15-31-27(21(3)4)17-19-29(23(7)8)33(31)25(11)12/h16-25H,13-15H2,1-12H3. The highest BCUT2D eigenvalue weighted by Gasteiger charge is 2.22. The number of benzene rings is 2. The molecule has 0 atom stereocenters. The molecule has 0 amide bonds. The van der Waals surface area contributed by atoms with E-state index in [-0.39, 0.29) is 0 Å². The first-order valence-electron chi connectivity index (χ1n) is 13.7. The third-order valence-electron chi connectivity index (χ3n) is 7.35. The summed E-state index contributed by atoms with van der Waals surface area (Å²) in [6.45, 7) is 28.4. The molecule has 0 spiro atoms. The van der Waals surface area contributed by atoms with Gasteiger partial charge in [-0.25, -0.2) is 0 Å². The second-order valence-corrected chi connectivity index (χ2v) is 12.1. The molecule has 0 unspecified atom stereocenters. The maximum absolute atomic E-state index is 2.43. The van der Waals surface area contributed by atoms with Crippen LogP contribution in [0.15, 0.2) is 24.3 Å². The Labute approximate surface area is 206 Å². The van der Waals surface area contributed by atoms with E-state index in [9.17, 15) is 0 Å². The molecule has 2 rings (SSSR count). The molecule has 0 heteroatoms. The van der Waals surface area contributed by atoms with Crippen molar-refractivity contribution in [2.24, 2.45) is 0 Å². The summed E-state index contributed by atoms with van der Waals surface area (Å²) in [6.07, 6.45) is 3.59. The van der Waals surface area contributed by atoms with Gasteiger partial charge in [0.15, 0.2) is 0 Å². The van der Waals surface area contributed by atoms with E-state index in [0.717, 1.165) is 0 Å². The summed E-state index contributed by atoms with van der Waals surface area (Å²) >= 11 is 0. The van der Waals surface area contributed by atoms with E-state index in [4.69, 9.17) is 0 Å². The molecule has 2 aromatic carbocycles. The van der Waals surface area contributed by atoms with Crippen molar-refractivity contribution >= 4 is 0 Å². The Morgan fingerprint density at radius 3 is 0.909 bits per heavy atom. The van der Waals surface area contributed by atoms with Gasteiger partial charge in [-0.15, -0.1) is 0 Å². The van der Waals surface area contributed by atoms with Crippen molar-refractivity contribution in [2.75, 3.05) is 0 Å². The third kappa shape index (κ3) is 6.32. The minimum absolute atomic E-state index is 0.567. The van der Waals surface area contributed by atoms with E-state index in [1.165, 1.54) is 19.3 Å². The van der Waals surface area contributed by atoms with E-state index >= 15 is 0 Å². The largest absolute Gasteiger partial charge is 0.0587 e. The van der Waals surface area contributed by atoms with E-state index in [1.807, 2.05) is 0 Å². The fraction of sp³-hybridized carbons (Fsp3) is 0.636. The SMILES string of the molecule is CC(C)c1ccc(C(C)C)c(C(C)C)c1CCCc1c(C(C)C)ccc(C(C)C)c1C(C)C. The van der Waals surface area contributed by atoms with E-state index in [1.54, 1.807) is 44.5 Å².